The average Bonchev–Trinajstić information content (AvgIpc) is 3.58. The van der Waals surface area contributed by atoms with Crippen molar-refractivity contribution in [2.24, 2.45) is 0 Å². The number of fused-ring (bicyclic) bond motifs is 2. The number of benzene rings is 1. The molecule has 1 aromatic carbocycles. The molecule has 0 bridgehead atoms. The van der Waals surface area contributed by atoms with Crippen LogP contribution >= 0.6 is 15.9 Å². The summed E-state index contributed by atoms with van der Waals surface area (Å²) in [5.41, 5.74) is -0.878. The number of carbonyl (C=O) groups is 1. The fourth-order valence-electron chi connectivity index (χ4n) is 5.95. The first-order chi connectivity index (χ1) is 18.4. The van der Waals surface area contributed by atoms with Gasteiger partial charge >= 0.3 is 12.1 Å². The zero-order valence-corrected chi connectivity index (χ0v) is 24.2. The molecule has 0 spiro atoms. The maximum atomic E-state index is 15.5. The number of anilines is 1. The first kappa shape index (κ1) is 27.8. The van der Waals surface area contributed by atoms with Crippen LogP contribution in [-0.2, 0) is 4.74 Å². The second-order valence-corrected chi connectivity index (χ2v) is 12.5. The van der Waals surface area contributed by atoms with Gasteiger partial charge in [-0.3, -0.25) is 4.90 Å². The molecule has 4 heterocycles. The monoisotopic (exact) mass is 606 g/mol. The number of rotatable bonds is 5. The smallest absolute Gasteiger partial charge is 0.410 e. The average molecular weight is 608 g/mol. The van der Waals surface area contributed by atoms with Crippen molar-refractivity contribution in [3.8, 4) is 12.1 Å². The van der Waals surface area contributed by atoms with Crippen molar-refractivity contribution < 1.29 is 23.0 Å². The Kier molecular flexibility index (Phi) is 7.35. The van der Waals surface area contributed by atoms with Gasteiger partial charge in [0.15, 0.2) is 5.82 Å². The van der Waals surface area contributed by atoms with Gasteiger partial charge in [-0.05, 0) is 68.6 Å². The van der Waals surface area contributed by atoms with Crippen molar-refractivity contribution in [1.29, 1.82) is 5.26 Å². The second-order valence-electron chi connectivity index (χ2n) is 11.7. The second kappa shape index (κ2) is 10.3. The van der Waals surface area contributed by atoms with Crippen LogP contribution in [0.1, 0.15) is 52.0 Å². The molecule has 0 aliphatic carbocycles. The van der Waals surface area contributed by atoms with Crippen LogP contribution in [0, 0.1) is 17.1 Å². The minimum atomic E-state index is -0.902. The molecule has 3 atom stereocenters. The minimum Gasteiger partial charge on any atom is -0.461 e. The molecule has 3 aliphatic rings. The van der Waals surface area contributed by atoms with Gasteiger partial charge in [-0.1, -0.05) is 0 Å². The van der Waals surface area contributed by atoms with E-state index in [1.807, 2.05) is 38.8 Å². The summed E-state index contributed by atoms with van der Waals surface area (Å²) in [6.07, 6.45) is 1.54. The highest BCUT2D eigenvalue weighted by molar-refractivity contribution is 9.10. The van der Waals surface area contributed by atoms with Crippen molar-refractivity contribution in [2.45, 2.75) is 69.8 Å². The number of amides is 1. The summed E-state index contributed by atoms with van der Waals surface area (Å²) in [5, 5.41) is 9.94. The Labute approximate surface area is 235 Å². The number of likely N-dealkylation sites (tertiary alicyclic amines) is 1. The van der Waals surface area contributed by atoms with Gasteiger partial charge in [0.2, 0.25) is 0 Å². The van der Waals surface area contributed by atoms with Gasteiger partial charge in [-0.15, -0.1) is 0 Å². The van der Waals surface area contributed by atoms with Crippen LogP contribution < -0.4 is 9.64 Å². The highest BCUT2D eigenvalue weighted by Gasteiger charge is 2.49. The van der Waals surface area contributed by atoms with Gasteiger partial charge in [-0.25, -0.2) is 13.6 Å². The van der Waals surface area contributed by atoms with Crippen LogP contribution in [0.25, 0.3) is 10.9 Å². The molecule has 9 nitrogen and oxygen atoms in total. The number of halogens is 3. The zero-order chi connectivity index (χ0) is 28.1. The van der Waals surface area contributed by atoms with Crippen LogP contribution in [0.2, 0.25) is 0 Å². The van der Waals surface area contributed by atoms with Crippen LogP contribution in [0.5, 0.6) is 6.01 Å². The molecule has 5 rings (SSSR count). The summed E-state index contributed by atoms with van der Waals surface area (Å²) in [4.78, 5) is 27.3. The Morgan fingerprint density at radius 1 is 1.33 bits per heavy atom. The number of hydrogen-bond donors (Lipinski definition) is 0. The van der Waals surface area contributed by atoms with E-state index in [2.05, 4.69) is 30.8 Å². The number of nitrogens with zero attached hydrogens (tertiary/aromatic N) is 6. The Morgan fingerprint density at radius 2 is 2.10 bits per heavy atom. The molecule has 0 unspecified atom stereocenters. The Morgan fingerprint density at radius 3 is 2.82 bits per heavy atom. The van der Waals surface area contributed by atoms with Crippen LogP contribution in [0.15, 0.2) is 10.5 Å². The lowest BCUT2D eigenvalue weighted by Crippen LogP contribution is -2.43. The van der Waals surface area contributed by atoms with Gasteiger partial charge in [0.05, 0.1) is 15.6 Å². The summed E-state index contributed by atoms with van der Waals surface area (Å²) < 4.78 is 41.4. The molecular weight excluding hydrogens is 574 g/mol. The lowest BCUT2D eigenvalue weighted by molar-refractivity contribution is 0.0292. The molecule has 12 heteroatoms. The SMILES string of the molecule is CN(c1nc(OC[C@@]23CCCN2C[C@H](F)C3)nc2c(F)c(Br)c(C#N)cc12)[C@@H]1CCN(C(=O)OC(C)(C)C)C1. The summed E-state index contributed by atoms with van der Waals surface area (Å²) >= 11 is 3.18. The van der Waals surface area contributed by atoms with E-state index in [1.54, 1.807) is 11.0 Å². The molecule has 1 amide bonds. The molecule has 0 N–H and O–H groups in total. The van der Waals surface area contributed by atoms with Crippen LogP contribution in [0.3, 0.4) is 0 Å². The van der Waals surface area contributed by atoms with E-state index in [-0.39, 0.29) is 40.3 Å². The molecule has 0 radical (unpaired) electrons. The Balaban J connectivity index is 1.46. The molecule has 3 fully saturated rings. The number of carbonyl (C=O) groups excluding carboxylic acids is 1. The third-order valence-electron chi connectivity index (χ3n) is 7.88. The van der Waals surface area contributed by atoms with E-state index in [0.717, 1.165) is 19.4 Å². The van der Waals surface area contributed by atoms with E-state index >= 15 is 4.39 Å². The van der Waals surface area contributed by atoms with Crippen LogP contribution in [-0.4, -0.2) is 89.0 Å². The van der Waals surface area contributed by atoms with E-state index in [4.69, 9.17) is 9.47 Å². The van der Waals surface area contributed by atoms with Crippen molar-refractivity contribution in [1.82, 2.24) is 19.8 Å². The summed E-state index contributed by atoms with van der Waals surface area (Å²) in [5.74, 6) is -0.289. The number of ether oxygens (including phenoxy) is 2. The van der Waals surface area contributed by atoms with Gasteiger partial charge in [-0.2, -0.15) is 15.2 Å². The Bertz CT molecular complexity index is 1330. The van der Waals surface area contributed by atoms with Crippen molar-refractivity contribution in [3.63, 3.8) is 0 Å². The summed E-state index contributed by atoms with van der Waals surface area (Å²) in [6, 6.07) is 3.43. The number of nitriles is 1. The topological polar surface area (TPSA) is 94.8 Å². The predicted octanol–water partition coefficient (Wildman–Crippen LogP) is 4.80. The summed E-state index contributed by atoms with van der Waals surface area (Å²) in [6.45, 7) is 7.79. The lowest BCUT2D eigenvalue weighted by atomic mass is 9.95. The number of likely N-dealkylation sites (N-methyl/N-ethyl adjacent to an activating group) is 1. The Hall–Kier alpha value is -2.78. The quantitative estimate of drug-likeness (QED) is 0.479. The molecular formula is C27H33BrF2N6O3. The number of hydrogen-bond acceptors (Lipinski definition) is 8. The van der Waals surface area contributed by atoms with Gasteiger partial charge in [0.1, 0.15) is 35.8 Å². The van der Waals surface area contributed by atoms with E-state index in [9.17, 15) is 14.4 Å². The van der Waals surface area contributed by atoms with E-state index in [0.29, 0.717) is 43.7 Å². The maximum Gasteiger partial charge on any atom is 0.410 e. The normalized spacial score (nSPS) is 25.1. The first-order valence-electron chi connectivity index (χ1n) is 13.2. The van der Waals surface area contributed by atoms with E-state index < -0.39 is 23.1 Å². The molecule has 1 aromatic heterocycles. The summed E-state index contributed by atoms with van der Waals surface area (Å²) in [7, 11) is 1.82. The highest BCUT2D eigenvalue weighted by atomic mass is 79.9. The van der Waals surface area contributed by atoms with Gasteiger partial charge in [0.25, 0.3) is 0 Å². The van der Waals surface area contributed by atoms with E-state index in [1.165, 1.54) is 0 Å². The van der Waals surface area contributed by atoms with Crippen molar-refractivity contribution in [3.05, 3.63) is 21.9 Å². The highest BCUT2D eigenvalue weighted by Crippen LogP contribution is 2.41. The largest absolute Gasteiger partial charge is 0.461 e. The molecule has 3 saturated heterocycles. The van der Waals surface area contributed by atoms with Gasteiger partial charge in [0, 0.05) is 44.5 Å². The third kappa shape index (κ3) is 5.35. The molecule has 39 heavy (non-hydrogen) atoms. The standard InChI is InChI=1S/C27H33BrF2N6O3/c1-26(2,3)39-25(37)35-9-6-18(14-35)34(4)23-19-10-16(12-31)20(28)21(30)22(19)32-24(33-23)38-15-27-7-5-8-36(27)13-17(29)11-27/h10,17-18H,5-9,11,13-15H2,1-4H3/t17-,18-,27+/m1/s1. The zero-order valence-electron chi connectivity index (χ0n) is 22.6. The van der Waals surface area contributed by atoms with Gasteiger partial charge < -0.3 is 19.3 Å². The number of aromatic nitrogens is 2. The maximum absolute atomic E-state index is 15.5. The molecule has 3 aliphatic heterocycles. The minimum absolute atomic E-state index is 0.00890. The predicted molar refractivity (Wildman–Crippen MR) is 145 cm³/mol. The molecule has 0 saturated carbocycles. The molecule has 210 valence electrons. The molecule has 2 aromatic rings. The van der Waals surface area contributed by atoms with Crippen LogP contribution in [0.4, 0.5) is 19.4 Å². The number of alkyl halides is 1. The fourth-order valence-corrected chi connectivity index (χ4v) is 6.34. The lowest BCUT2D eigenvalue weighted by Gasteiger charge is -2.31. The van der Waals surface area contributed by atoms with Crippen molar-refractivity contribution in [2.75, 3.05) is 44.7 Å². The fraction of sp³-hybridized carbons (Fsp3) is 0.630. The first-order valence-corrected chi connectivity index (χ1v) is 14.0. The van der Waals surface area contributed by atoms with Crippen molar-refractivity contribution >= 4 is 38.7 Å². The third-order valence-corrected chi connectivity index (χ3v) is 8.65.